The molecule has 2 rings (SSSR count). The number of anilines is 2. The van der Waals surface area contributed by atoms with Gasteiger partial charge in [-0.15, -0.1) is 0 Å². The predicted octanol–water partition coefficient (Wildman–Crippen LogP) is 1.19. The second-order valence-electron chi connectivity index (χ2n) is 4.02. The van der Waals surface area contributed by atoms with Gasteiger partial charge in [-0.1, -0.05) is 0 Å². The molecule has 4 nitrogen and oxygen atoms in total. The Hall–Kier alpha value is -1.84. The van der Waals surface area contributed by atoms with Crippen LogP contribution in [0.4, 0.5) is 11.4 Å². The minimum Gasteiger partial charge on any atom is -0.316 e. The predicted molar refractivity (Wildman–Crippen MR) is 62.6 cm³/mol. The zero-order valence-corrected chi connectivity index (χ0v) is 9.65. The van der Waals surface area contributed by atoms with Gasteiger partial charge in [0.05, 0.1) is 6.42 Å². The molecule has 0 atom stereocenters. The maximum Gasteiger partial charge on any atom is 0.231 e. The van der Waals surface area contributed by atoms with Gasteiger partial charge in [0.1, 0.15) is 0 Å². The normalized spacial score (nSPS) is 13.9. The maximum absolute atomic E-state index is 11.5. The molecular formula is C12H14N2O2. The van der Waals surface area contributed by atoms with Gasteiger partial charge < -0.3 is 9.80 Å². The Labute approximate surface area is 94.5 Å². The van der Waals surface area contributed by atoms with E-state index >= 15 is 0 Å². The van der Waals surface area contributed by atoms with E-state index in [2.05, 4.69) is 0 Å². The molecule has 0 radical (unpaired) electrons. The molecule has 1 aromatic rings. The summed E-state index contributed by atoms with van der Waals surface area (Å²) in [6, 6.07) is 5.64. The molecular weight excluding hydrogens is 204 g/mol. The van der Waals surface area contributed by atoms with Gasteiger partial charge in [-0.2, -0.15) is 0 Å². The van der Waals surface area contributed by atoms with Gasteiger partial charge in [0.2, 0.25) is 11.8 Å². The van der Waals surface area contributed by atoms with Gasteiger partial charge in [0.25, 0.3) is 0 Å². The fourth-order valence-electron chi connectivity index (χ4n) is 1.85. The molecule has 1 heterocycles. The molecule has 0 saturated carbocycles. The van der Waals surface area contributed by atoms with Crippen LogP contribution in [0, 0.1) is 0 Å². The first-order valence-electron chi connectivity index (χ1n) is 5.14. The Bertz CT molecular complexity index is 468. The summed E-state index contributed by atoms with van der Waals surface area (Å²) in [5.74, 6) is 0.0789. The Balaban J connectivity index is 2.39. The average molecular weight is 218 g/mol. The third-order valence-corrected chi connectivity index (χ3v) is 3.00. The van der Waals surface area contributed by atoms with E-state index in [0.29, 0.717) is 6.42 Å². The van der Waals surface area contributed by atoms with Gasteiger partial charge >= 0.3 is 0 Å². The van der Waals surface area contributed by atoms with E-state index in [-0.39, 0.29) is 11.8 Å². The summed E-state index contributed by atoms with van der Waals surface area (Å²) in [6.07, 6.45) is 0.422. The molecule has 2 amide bonds. The fraction of sp³-hybridized carbons (Fsp3) is 0.333. The molecule has 0 N–H and O–H groups in total. The minimum absolute atomic E-state index is 0.0161. The number of hydrogen-bond acceptors (Lipinski definition) is 2. The standard InChI is InChI=1S/C12H14N2O2/c1-8(15)13(2)10-4-5-11-9(6-10)7-12(16)14(11)3/h4-6H,7H2,1-3H3. The number of fused-ring (bicyclic) bond motifs is 1. The molecule has 0 unspecified atom stereocenters. The van der Waals surface area contributed by atoms with Gasteiger partial charge in [-0.3, -0.25) is 9.59 Å². The Morgan fingerprint density at radius 1 is 1.44 bits per heavy atom. The fourth-order valence-corrected chi connectivity index (χ4v) is 1.85. The summed E-state index contributed by atoms with van der Waals surface area (Å²) < 4.78 is 0. The summed E-state index contributed by atoms with van der Waals surface area (Å²) >= 11 is 0. The zero-order chi connectivity index (χ0) is 11.9. The number of likely N-dealkylation sites (N-methyl/N-ethyl adjacent to an activating group) is 1. The summed E-state index contributed by atoms with van der Waals surface area (Å²) in [5.41, 5.74) is 2.75. The number of rotatable bonds is 1. The molecule has 0 saturated heterocycles. The highest BCUT2D eigenvalue weighted by molar-refractivity contribution is 6.02. The van der Waals surface area contributed by atoms with Crippen LogP contribution >= 0.6 is 0 Å². The van der Waals surface area contributed by atoms with Gasteiger partial charge in [-0.05, 0) is 23.8 Å². The number of carbonyl (C=O) groups excluding carboxylic acids is 2. The summed E-state index contributed by atoms with van der Waals surface area (Å²) in [5, 5.41) is 0. The second-order valence-corrected chi connectivity index (χ2v) is 4.02. The highest BCUT2D eigenvalue weighted by Crippen LogP contribution is 2.30. The smallest absolute Gasteiger partial charge is 0.231 e. The first-order chi connectivity index (χ1) is 7.50. The molecule has 84 valence electrons. The van der Waals surface area contributed by atoms with Crippen LogP contribution in [0.15, 0.2) is 18.2 Å². The van der Waals surface area contributed by atoms with Crippen molar-refractivity contribution in [3.05, 3.63) is 23.8 Å². The third-order valence-electron chi connectivity index (χ3n) is 3.00. The quantitative estimate of drug-likeness (QED) is 0.710. The topological polar surface area (TPSA) is 40.6 Å². The van der Waals surface area contributed by atoms with E-state index in [1.807, 2.05) is 18.2 Å². The Morgan fingerprint density at radius 2 is 2.12 bits per heavy atom. The minimum atomic E-state index is -0.0161. The van der Waals surface area contributed by atoms with Crippen LogP contribution in [0.3, 0.4) is 0 Å². The zero-order valence-electron chi connectivity index (χ0n) is 9.65. The lowest BCUT2D eigenvalue weighted by molar-refractivity contribution is -0.117. The van der Waals surface area contributed by atoms with Crippen molar-refractivity contribution >= 4 is 23.2 Å². The number of benzene rings is 1. The number of nitrogens with zero attached hydrogens (tertiary/aromatic N) is 2. The molecule has 4 heteroatoms. The molecule has 0 aromatic heterocycles. The molecule has 0 spiro atoms. The van der Waals surface area contributed by atoms with Gasteiger partial charge in [0, 0.05) is 32.4 Å². The first-order valence-corrected chi connectivity index (χ1v) is 5.14. The Morgan fingerprint density at radius 3 is 2.75 bits per heavy atom. The third kappa shape index (κ3) is 1.56. The van der Waals surface area contributed by atoms with Crippen molar-refractivity contribution < 1.29 is 9.59 Å². The van der Waals surface area contributed by atoms with Crippen molar-refractivity contribution in [3.8, 4) is 0 Å². The second kappa shape index (κ2) is 3.63. The van der Waals surface area contributed by atoms with E-state index in [4.69, 9.17) is 0 Å². The molecule has 0 bridgehead atoms. The van der Waals surface area contributed by atoms with Crippen LogP contribution in [-0.4, -0.2) is 25.9 Å². The lowest BCUT2D eigenvalue weighted by Crippen LogP contribution is -2.22. The van der Waals surface area contributed by atoms with E-state index in [9.17, 15) is 9.59 Å². The molecule has 0 fully saturated rings. The van der Waals surface area contributed by atoms with Crippen LogP contribution in [0.25, 0.3) is 0 Å². The monoisotopic (exact) mass is 218 g/mol. The summed E-state index contributed by atoms with van der Waals surface area (Å²) in [4.78, 5) is 25.9. The Kier molecular flexibility index (Phi) is 2.42. The van der Waals surface area contributed by atoms with Gasteiger partial charge in [-0.25, -0.2) is 0 Å². The number of hydrogen-bond donors (Lipinski definition) is 0. The largest absolute Gasteiger partial charge is 0.316 e. The SMILES string of the molecule is CC(=O)N(C)c1ccc2c(c1)CC(=O)N2C. The van der Waals surface area contributed by atoms with E-state index < -0.39 is 0 Å². The van der Waals surface area contributed by atoms with Crippen molar-refractivity contribution in [3.63, 3.8) is 0 Å². The van der Waals surface area contributed by atoms with E-state index in [1.165, 1.54) is 6.92 Å². The summed E-state index contributed by atoms with van der Waals surface area (Å²) in [7, 11) is 3.49. The van der Waals surface area contributed by atoms with Crippen molar-refractivity contribution in [2.75, 3.05) is 23.9 Å². The average Bonchev–Trinajstić information content (AvgIpc) is 2.53. The van der Waals surface area contributed by atoms with Crippen molar-refractivity contribution in [1.29, 1.82) is 0 Å². The molecule has 1 aromatic carbocycles. The van der Waals surface area contributed by atoms with Gasteiger partial charge in [0.15, 0.2) is 0 Å². The number of carbonyl (C=O) groups is 2. The number of amides is 2. The molecule has 0 aliphatic carbocycles. The van der Waals surface area contributed by atoms with Crippen molar-refractivity contribution in [1.82, 2.24) is 0 Å². The van der Waals surface area contributed by atoms with Crippen LogP contribution in [0.5, 0.6) is 0 Å². The van der Waals surface area contributed by atoms with Crippen molar-refractivity contribution in [2.45, 2.75) is 13.3 Å². The highest BCUT2D eigenvalue weighted by atomic mass is 16.2. The van der Waals surface area contributed by atoms with Crippen LogP contribution in [-0.2, 0) is 16.0 Å². The summed E-state index contributed by atoms with van der Waals surface area (Å²) in [6.45, 7) is 1.52. The van der Waals surface area contributed by atoms with E-state index in [1.54, 1.807) is 23.9 Å². The molecule has 1 aliphatic rings. The molecule has 16 heavy (non-hydrogen) atoms. The molecule has 1 aliphatic heterocycles. The maximum atomic E-state index is 11.5. The van der Waals surface area contributed by atoms with Crippen LogP contribution in [0.2, 0.25) is 0 Å². The first kappa shape index (κ1) is 10.7. The lowest BCUT2D eigenvalue weighted by atomic mass is 10.1. The van der Waals surface area contributed by atoms with Crippen LogP contribution in [0.1, 0.15) is 12.5 Å². The highest BCUT2D eigenvalue weighted by Gasteiger charge is 2.24. The van der Waals surface area contributed by atoms with E-state index in [0.717, 1.165) is 16.9 Å². The van der Waals surface area contributed by atoms with Crippen molar-refractivity contribution in [2.24, 2.45) is 0 Å². The van der Waals surface area contributed by atoms with Crippen LogP contribution < -0.4 is 9.80 Å². The lowest BCUT2D eigenvalue weighted by Gasteiger charge is -2.16.